The highest BCUT2D eigenvalue weighted by Crippen LogP contribution is 2.02. The Kier molecular flexibility index (Phi) is 4.98. The van der Waals surface area contributed by atoms with Crippen LogP contribution in [0.1, 0.15) is 20.8 Å². The molecule has 0 rings (SSSR count). The van der Waals surface area contributed by atoms with Crippen molar-refractivity contribution in [1.29, 1.82) is 0 Å². The van der Waals surface area contributed by atoms with Crippen LogP contribution in [0.3, 0.4) is 0 Å². The summed E-state index contributed by atoms with van der Waals surface area (Å²) in [6.45, 7) is 5.92. The quantitative estimate of drug-likeness (QED) is 0.512. The zero-order valence-corrected chi connectivity index (χ0v) is 6.12. The first-order valence-electron chi connectivity index (χ1n) is 2.18. The maximum Gasteiger partial charge on any atom is 0.293 e. The van der Waals surface area contributed by atoms with E-state index in [0.29, 0.717) is 6.47 Å². The van der Waals surface area contributed by atoms with Gasteiger partial charge in [-0.3, -0.25) is 4.79 Å². The second-order valence-electron chi connectivity index (χ2n) is 2.33. The Morgan fingerprint density at radius 1 is 1.38 bits per heavy atom. The SMILES string of the molecule is CC(C)(C)OC=O.Cl. The van der Waals surface area contributed by atoms with Gasteiger partial charge in [0.15, 0.2) is 0 Å². The van der Waals surface area contributed by atoms with Gasteiger partial charge in [-0.1, -0.05) is 0 Å². The lowest BCUT2D eigenvalue weighted by Gasteiger charge is -2.14. The number of carbonyl (C=O) groups is 1. The second kappa shape index (κ2) is 3.72. The molecule has 0 heterocycles. The van der Waals surface area contributed by atoms with E-state index in [4.69, 9.17) is 0 Å². The van der Waals surface area contributed by atoms with E-state index in [1.165, 1.54) is 0 Å². The molecule has 50 valence electrons. The third-order valence-electron chi connectivity index (χ3n) is 0.402. The van der Waals surface area contributed by atoms with Crippen molar-refractivity contribution in [2.24, 2.45) is 0 Å². The first-order chi connectivity index (χ1) is 3.06. The molecule has 0 atom stereocenters. The van der Waals surface area contributed by atoms with E-state index in [-0.39, 0.29) is 18.0 Å². The van der Waals surface area contributed by atoms with Crippen molar-refractivity contribution in [1.82, 2.24) is 0 Å². The fraction of sp³-hybridized carbons (Fsp3) is 0.800. The normalized spacial score (nSPS) is 9.38. The zero-order valence-electron chi connectivity index (χ0n) is 5.30. The van der Waals surface area contributed by atoms with Gasteiger partial charge in [-0.25, -0.2) is 0 Å². The Hall–Kier alpha value is -0.240. The van der Waals surface area contributed by atoms with Crippen LogP contribution >= 0.6 is 12.4 Å². The third kappa shape index (κ3) is 9.23. The Morgan fingerprint density at radius 3 is 1.75 bits per heavy atom. The molecule has 0 aromatic carbocycles. The second-order valence-corrected chi connectivity index (χ2v) is 2.33. The lowest BCUT2D eigenvalue weighted by molar-refractivity contribution is -0.138. The number of ether oxygens (including phenoxy) is 1. The van der Waals surface area contributed by atoms with Gasteiger partial charge in [-0.05, 0) is 20.8 Å². The highest BCUT2D eigenvalue weighted by atomic mass is 35.5. The average molecular weight is 139 g/mol. The molecule has 0 aliphatic rings. The topological polar surface area (TPSA) is 26.3 Å². The summed E-state index contributed by atoms with van der Waals surface area (Å²) in [7, 11) is 0. The molecule has 0 aliphatic heterocycles. The maximum absolute atomic E-state index is 9.60. The van der Waals surface area contributed by atoms with Crippen LogP contribution in [-0.4, -0.2) is 12.1 Å². The van der Waals surface area contributed by atoms with Gasteiger partial charge in [-0.15, -0.1) is 12.4 Å². The smallest absolute Gasteiger partial charge is 0.293 e. The zero-order chi connectivity index (χ0) is 5.91. The molecular weight excluding hydrogens is 128 g/mol. The van der Waals surface area contributed by atoms with Crippen LogP contribution < -0.4 is 0 Å². The summed E-state index contributed by atoms with van der Waals surface area (Å²) in [4.78, 5) is 9.60. The summed E-state index contributed by atoms with van der Waals surface area (Å²) >= 11 is 0. The van der Waals surface area contributed by atoms with Crippen LogP contribution in [-0.2, 0) is 9.53 Å². The van der Waals surface area contributed by atoms with Crippen LogP contribution in [0.2, 0.25) is 0 Å². The molecule has 0 spiro atoms. The van der Waals surface area contributed by atoms with E-state index in [0.717, 1.165) is 0 Å². The highest BCUT2D eigenvalue weighted by Gasteiger charge is 2.07. The van der Waals surface area contributed by atoms with E-state index < -0.39 is 0 Å². The lowest BCUT2D eigenvalue weighted by atomic mass is 10.2. The maximum atomic E-state index is 9.60. The Morgan fingerprint density at radius 2 is 1.75 bits per heavy atom. The number of halogens is 1. The van der Waals surface area contributed by atoms with Gasteiger partial charge in [0.1, 0.15) is 5.60 Å². The van der Waals surface area contributed by atoms with Gasteiger partial charge in [0.05, 0.1) is 0 Å². The van der Waals surface area contributed by atoms with E-state index in [2.05, 4.69) is 4.74 Å². The van der Waals surface area contributed by atoms with Gasteiger partial charge in [0.25, 0.3) is 6.47 Å². The summed E-state index contributed by atoms with van der Waals surface area (Å²) in [5, 5.41) is 0. The minimum absolute atomic E-state index is 0. The van der Waals surface area contributed by atoms with Crippen molar-refractivity contribution in [2.75, 3.05) is 0 Å². The molecule has 0 aliphatic carbocycles. The molecule has 0 fully saturated rings. The molecule has 0 saturated heterocycles. The molecule has 0 saturated carbocycles. The predicted octanol–water partition coefficient (Wildman–Crippen LogP) is 1.38. The molecule has 0 radical (unpaired) electrons. The summed E-state index contributed by atoms with van der Waals surface area (Å²) < 4.78 is 4.55. The number of hydrogen-bond acceptors (Lipinski definition) is 2. The number of rotatable bonds is 1. The minimum atomic E-state index is -0.318. The lowest BCUT2D eigenvalue weighted by Crippen LogP contribution is -2.17. The molecule has 0 bridgehead atoms. The molecule has 0 N–H and O–H groups in total. The Labute approximate surface area is 55.6 Å². The van der Waals surface area contributed by atoms with Gasteiger partial charge >= 0.3 is 0 Å². The van der Waals surface area contributed by atoms with Crippen molar-refractivity contribution in [2.45, 2.75) is 26.4 Å². The molecular formula is C5H11ClO2. The molecule has 8 heavy (non-hydrogen) atoms. The summed E-state index contributed by atoms with van der Waals surface area (Å²) in [5.41, 5.74) is -0.318. The first-order valence-corrected chi connectivity index (χ1v) is 2.18. The van der Waals surface area contributed by atoms with E-state index in [1.54, 1.807) is 0 Å². The van der Waals surface area contributed by atoms with Crippen LogP contribution in [0.15, 0.2) is 0 Å². The molecule has 0 aromatic heterocycles. The van der Waals surface area contributed by atoms with E-state index >= 15 is 0 Å². The van der Waals surface area contributed by atoms with Crippen molar-refractivity contribution >= 4 is 18.9 Å². The van der Waals surface area contributed by atoms with Crippen LogP contribution in [0.4, 0.5) is 0 Å². The fourth-order valence-corrected chi connectivity index (χ4v) is 0.144. The van der Waals surface area contributed by atoms with E-state index in [9.17, 15) is 4.79 Å². The third-order valence-corrected chi connectivity index (χ3v) is 0.402. The average Bonchev–Trinajstić information content (AvgIpc) is 1.30. The van der Waals surface area contributed by atoms with Crippen molar-refractivity contribution in [3.05, 3.63) is 0 Å². The monoisotopic (exact) mass is 138 g/mol. The van der Waals surface area contributed by atoms with Crippen molar-refractivity contribution in [3.8, 4) is 0 Å². The number of hydrogen-bond donors (Lipinski definition) is 0. The van der Waals surface area contributed by atoms with Gasteiger partial charge in [0, 0.05) is 0 Å². The Bertz CT molecular complexity index is 65.3. The minimum Gasteiger partial charge on any atom is -0.462 e. The molecule has 2 nitrogen and oxygen atoms in total. The van der Waals surface area contributed by atoms with Crippen molar-refractivity contribution in [3.63, 3.8) is 0 Å². The molecule has 0 unspecified atom stereocenters. The van der Waals surface area contributed by atoms with Crippen LogP contribution in [0.5, 0.6) is 0 Å². The fourth-order valence-electron chi connectivity index (χ4n) is 0.144. The van der Waals surface area contributed by atoms with Gasteiger partial charge in [0.2, 0.25) is 0 Å². The summed E-state index contributed by atoms with van der Waals surface area (Å²) in [5.74, 6) is 0. The number of carbonyl (C=O) groups excluding carboxylic acids is 1. The Balaban J connectivity index is 0. The largest absolute Gasteiger partial charge is 0.462 e. The molecule has 0 aromatic rings. The van der Waals surface area contributed by atoms with Gasteiger partial charge < -0.3 is 4.74 Å². The predicted molar refractivity (Wildman–Crippen MR) is 34.1 cm³/mol. The molecule has 0 amide bonds. The summed E-state index contributed by atoms with van der Waals surface area (Å²) in [6.07, 6.45) is 0. The van der Waals surface area contributed by atoms with Crippen LogP contribution in [0, 0.1) is 0 Å². The van der Waals surface area contributed by atoms with Crippen molar-refractivity contribution < 1.29 is 9.53 Å². The molecule has 3 heteroatoms. The standard InChI is InChI=1S/C5H10O2.ClH/c1-5(2,3)7-4-6;/h4H,1-3H3;1H. The first kappa shape index (κ1) is 10.7. The highest BCUT2D eigenvalue weighted by molar-refractivity contribution is 5.85. The van der Waals surface area contributed by atoms with Gasteiger partial charge in [-0.2, -0.15) is 0 Å². The summed E-state index contributed by atoms with van der Waals surface area (Å²) in [6, 6.07) is 0. The van der Waals surface area contributed by atoms with Crippen LogP contribution in [0.25, 0.3) is 0 Å². The van der Waals surface area contributed by atoms with E-state index in [1.807, 2.05) is 20.8 Å².